The Morgan fingerprint density at radius 1 is 1.00 bits per heavy atom. The minimum Gasteiger partial charge on any atom is -0.378 e. The number of allylic oxidation sites excluding steroid dienone is 2. The number of fused-ring (bicyclic) bond motifs is 3. The van der Waals surface area contributed by atoms with Gasteiger partial charge in [-0.25, -0.2) is 0 Å². The van der Waals surface area contributed by atoms with Gasteiger partial charge in [0.15, 0.2) is 0 Å². The molecule has 4 heteroatoms. The summed E-state index contributed by atoms with van der Waals surface area (Å²) in [6.07, 6.45) is 10.4. The average Bonchev–Trinajstić information content (AvgIpc) is 3.09. The topological polar surface area (TPSA) is 32.3 Å². The summed E-state index contributed by atoms with van der Waals surface area (Å²) >= 11 is 6.10. The molecule has 1 fully saturated rings. The molecule has 2 aromatic rings. The molecule has 0 unspecified atom stereocenters. The molecule has 2 aliphatic heterocycles. The van der Waals surface area contributed by atoms with Crippen molar-refractivity contribution in [3.8, 4) is 0 Å². The molecule has 2 aromatic carbocycles. The molecule has 150 valence electrons. The number of carbonyl (C=O) groups excluding carboxylic acids is 1. The number of hydrogen-bond acceptors (Lipinski definition) is 2. The molecule has 1 amide bonds. The van der Waals surface area contributed by atoms with Gasteiger partial charge >= 0.3 is 0 Å². The van der Waals surface area contributed by atoms with E-state index in [1.54, 1.807) is 0 Å². The van der Waals surface area contributed by atoms with Crippen molar-refractivity contribution in [3.05, 3.63) is 76.3 Å². The molecule has 0 spiro atoms. The van der Waals surface area contributed by atoms with Crippen molar-refractivity contribution < 1.29 is 4.79 Å². The zero-order valence-corrected chi connectivity index (χ0v) is 17.4. The van der Waals surface area contributed by atoms with Crippen LogP contribution in [0.5, 0.6) is 0 Å². The molecule has 3 atom stereocenters. The summed E-state index contributed by atoms with van der Waals surface area (Å²) in [5.41, 5.74) is 4.50. The molecular weight excluding hydrogens is 380 g/mol. The molecular formula is C25H27ClN2O. The molecule has 0 saturated carbocycles. The second-order valence-electron chi connectivity index (χ2n) is 8.54. The number of halogens is 1. The first-order valence-corrected chi connectivity index (χ1v) is 11.2. The van der Waals surface area contributed by atoms with Crippen molar-refractivity contribution in [3.63, 3.8) is 0 Å². The summed E-state index contributed by atoms with van der Waals surface area (Å²) in [4.78, 5) is 15.2. The van der Waals surface area contributed by atoms with E-state index in [9.17, 15) is 4.79 Å². The monoisotopic (exact) mass is 406 g/mol. The second-order valence-corrected chi connectivity index (χ2v) is 8.97. The maximum absolute atomic E-state index is 13.1. The van der Waals surface area contributed by atoms with E-state index in [1.807, 2.05) is 23.1 Å². The predicted molar refractivity (Wildman–Crippen MR) is 119 cm³/mol. The van der Waals surface area contributed by atoms with Gasteiger partial charge in [0.1, 0.15) is 0 Å². The smallest absolute Gasteiger partial charge is 0.253 e. The highest BCUT2D eigenvalue weighted by Gasteiger charge is 2.38. The predicted octanol–water partition coefficient (Wildman–Crippen LogP) is 6.18. The first kappa shape index (κ1) is 18.7. The second kappa shape index (κ2) is 7.87. The van der Waals surface area contributed by atoms with Crippen molar-refractivity contribution >= 4 is 23.2 Å². The lowest BCUT2D eigenvalue weighted by Gasteiger charge is -2.38. The Hall–Kier alpha value is -2.26. The summed E-state index contributed by atoms with van der Waals surface area (Å²) in [5.74, 6) is 1.00. The number of amides is 1. The number of carbonyl (C=O) groups is 1. The van der Waals surface area contributed by atoms with Crippen molar-refractivity contribution in [2.24, 2.45) is 5.92 Å². The van der Waals surface area contributed by atoms with Crippen molar-refractivity contribution in [1.82, 2.24) is 4.90 Å². The van der Waals surface area contributed by atoms with E-state index in [1.165, 1.54) is 24.0 Å². The SMILES string of the molecule is O=C(c1ccc2c(c1)[C@H]1C=CC[C@@H]1[C@H](c1ccc(Cl)cc1)N2)N1CCCCCC1. The van der Waals surface area contributed by atoms with E-state index in [-0.39, 0.29) is 11.9 Å². The molecule has 1 N–H and O–H groups in total. The van der Waals surface area contributed by atoms with E-state index in [0.29, 0.717) is 11.8 Å². The first-order valence-electron chi connectivity index (χ1n) is 10.8. The van der Waals surface area contributed by atoms with Gasteiger partial charge in [0.2, 0.25) is 0 Å². The summed E-state index contributed by atoms with van der Waals surface area (Å²) in [6, 6.07) is 14.7. The van der Waals surface area contributed by atoms with Gasteiger partial charge in [-0.2, -0.15) is 0 Å². The number of nitrogens with one attached hydrogen (secondary N) is 1. The Labute approximate surface area is 177 Å². The van der Waals surface area contributed by atoms with Crippen LogP contribution in [0, 0.1) is 5.92 Å². The molecule has 1 aliphatic carbocycles. The first-order chi connectivity index (χ1) is 14.2. The lowest BCUT2D eigenvalue weighted by molar-refractivity contribution is 0.0761. The standard InChI is InChI=1S/C25H27ClN2O/c26-19-11-8-17(9-12-19)24-21-7-5-6-20(21)22-16-18(10-13-23(22)27-24)25(29)28-14-3-1-2-4-15-28/h5-6,8-13,16,20-21,24,27H,1-4,7,14-15H2/t20-,21-,24-/m0/s1. The number of benzene rings is 2. The van der Waals surface area contributed by atoms with Crippen LogP contribution in [0.2, 0.25) is 5.02 Å². The molecule has 0 aromatic heterocycles. The molecule has 0 bridgehead atoms. The normalized spacial score (nSPS) is 25.7. The fourth-order valence-electron chi connectivity index (χ4n) is 5.18. The minimum atomic E-state index is 0.188. The van der Waals surface area contributed by atoms with Gasteiger partial charge in [-0.15, -0.1) is 0 Å². The number of likely N-dealkylation sites (tertiary alicyclic amines) is 1. The van der Waals surface area contributed by atoms with Crippen LogP contribution in [0.25, 0.3) is 0 Å². The van der Waals surface area contributed by atoms with Gasteiger partial charge in [0, 0.05) is 35.3 Å². The molecule has 3 aliphatic rings. The van der Waals surface area contributed by atoms with Crippen LogP contribution < -0.4 is 5.32 Å². The highest BCUT2D eigenvalue weighted by atomic mass is 35.5. The molecule has 5 rings (SSSR count). The van der Waals surface area contributed by atoms with Gasteiger partial charge in [-0.3, -0.25) is 4.79 Å². The number of hydrogen-bond donors (Lipinski definition) is 1. The maximum atomic E-state index is 13.1. The number of rotatable bonds is 2. The maximum Gasteiger partial charge on any atom is 0.253 e. The van der Waals surface area contributed by atoms with Crippen LogP contribution >= 0.6 is 11.6 Å². The van der Waals surface area contributed by atoms with Crippen molar-refractivity contribution in [2.75, 3.05) is 18.4 Å². The summed E-state index contributed by atoms with van der Waals surface area (Å²) in [7, 11) is 0. The zero-order chi connectivity index (χ0) is 19.8. The summed E-state index contributed by atoms with van der Waals surface area (Å²) in [5, 5.41) is 4.52. The van der Waals surface area contributed by atoms with E-state index >= 15 is 0 Å². The zero-order valence-electron chi connectivity index (χ0n) is 16.6. The van der Waals surface area contributed by atoms with Crippen LogP contribution in [-0.2, 0) is 0 Å². The van der Waals surface area contributed by atoms with Crippen LogP contribution in [0.1, 0.15) is 65.5 Å². The fourth-order valence-corrected chi connectivity index (χ4v) is 5.31. The summed E-state index contributed by atoms with van der Waals surface area (Å²) in [6.45, 7) is 1.78. The highest BCUT2D eigenvalue weighted by Crippen LogP contribution is 2.50. The molecule has 29 heavy (non-hydrogen) atoms. The Kier molecular flexibility index (Phi) is 5.09. The average molecular weight is 407 g/mol. The lowest BCUT2D eigenvalue weighted by atomic mass is 9.76. The summed E-state index contributed by atoms with van der Waals surface area (Å²) < 4.78 is 0. The Bertz CT molecular complexity index is 928. The lowest BCUT2D eigenvalue weighted by Crippen LogP contribution is -2.33. The molecule has 2 heterocycles. The van der Waals surface area contributed by atoms with Gasteiger partial charge in [0.05, 0.1) is 6.04 Å². The van der Waals surface area contributed by atoms with Crippen LogP contribution in [0.4, 0.5) is 5.69 Å². The van der Waals surface area contributed by atoms with E-state index < -0.39 is 0 Å². The third kappa shape index (κ3) is 3.57. The minimum absolute atomic E-state index is 0.188. The van der Waals surface area contributed by atoms with Crippen LogP contribution in [0.3, 0.4) is 0 Å². The van der Waals surface area contributed by atoms with E-state index in [4.69, 9.17) is 11.6 Å². The molecule has 3 nitrogen and oxygen atoms in total. The Morgan fingerprint density at radius 3 is 2.52 bits per heavy atom. The van der Waals surface area contributed by atoms with Gasteiger partial charge in [-0.1, -0.05) is 48.7 Å². The van der Waals surface area contributed by atoms with E-state index in [2.05, 4.69) is 41.7 Å². The number of nitrogens with zero attached hydrogens (tertiary/aromatic N) is 1. The Morgan fingerprint density at radius 2 is 1.76 bits per heavy atom. The van der Waals surface area contributed by atoms with Gasteiger partial charge in [-0.05, 0) is 66.6 Å². The van der Waals surface area contributed by atoms with E-state index in [0.717, 1.165) is 48.6 Å². The molecule has 1 saturated heterocycles. The van der Waals surface area contributed by atoms with Gasteiger partial charge < -0.3 is 10.2 Å². The third-order valence-electron chi connectivity index (χ3n) is 6.73. The van der Waals surface area contributed by atoms with Crippen LogP contribution in [0.15, 0.2) is 54.6 Å². The van der Waals surface area contributed by atoms with Crippen molar-refractivity contribution in [1.29, 1.82) is 0 Å². The fraction of sp³-hybridized carbons (Fsp3) is 0.400. The molecule has 0 radical (unpaired) electrons. The Balaban J connectivity index is 1.45. The van der Waals surface area contributed by atoms with Gasteiger partial charge in [0.25, 0.3) is 5.91 Å². The van der Waals surface area contributed by atoms with Crippen LogP contribution in [-0.4, -0.2) is 23.9 Å². The largest absolute Gasteiger partial charge is 0.378 e. The number of anilines is 1. The highest BCUT2D eigenvalue weighted by molar-refractivity contribution is 6.30. The van der Waals surface area contributed by atoms with Crippen molar-refractivity contribution in [2.45, 2.75) is 44.1 Å². The quantitative estimate of drug-likeness (QED) is 0.603. The third-order valence-corrected chi connectivity index (χ3v) is 6.98.